The summed E-state index contributed by atoms with van der Waals surface area (Å²) in [4.78, 5) is 69.7. The molecule has 0 heterocycles. The second kappa shape index (κ2) is 60.1. The molecule has 0 spiro atoms. The fourth-order valence-electron chi connectivity index (χ4n) is 9.24. The van der Waals surface area contributed by atoms with Crippen molar-refractivity contribution in [2.75, 3.05) is 0 Å². The van der Waals surface area contributed by atoms with Crippen molar-refractivity contribution < 1.29 is 110 Å². The van der Waals surface area contributed by atoms with Crippen molar-refractivity contribution in [1.29, 1.82) is 0 Å². The van der Waals surface area contributed by atoms with E-state index in [4.69, 9.17) is 0 Å². The Morgan fingerprint density at radius 3 is 0.241 bits per heavy atom. The predicted octanol–water partition coefficient (Wildman–Crippen LogP) is 23.9. The van der Waals surface area contributed by atoms with Crippen LogP contribution in [-0.2, 0) is 110 Å². The van der Waals surface area contributed by atoms with Crippen molar-refractivity contribution in [2.24, 2.45) is 0 Å². The molecule has 112 heavy (non-hydrogen) atoms. The molecule has 0 N–H and O–H groups in total. The summed E-state index contributed by atoms with van der Waals surface area (Å²) >= 11 is 0. The third kappa shape index (κ3) is 44.6. The van der Waals surface area contributed by atoms with Gasteiger partial charge in [0.1, 0.15) is 0 Å². The number of ketones is 6. The summed E-state index contributed by atoms with van der Waals surface area (Å²) in [5, 5.41) is 0. The predicted molar refractivity (Wildman–Crippen MR) is 456 cm³/mol. The standard InChI is InChI=1S/6C17H14O.4Pd/c6*18-17(13-11-15-7-3-1-4-8-15)14-12-16-9-5-2-6-10-16;;;;/h6*1-14H;;;;/b6*13-11+,14-12+;;;;. The van der Waals surface area contributed by atoms with Gasteiger partial charge < -0.3 is 0 Å². The van der Waals surface area contributed by atoms with Crippen LogP contribution in [0.5, 0.6) is 0 Å². The molecule has 12 rings (SSSR count). The molecule has 0 aromatic heterocycles. The third-order valence-electron chi connectivity index (χ3n) is 14.9. The van der Waals surface area contributed by atoms with Crippen molar-refractivity contribution in [2.45, 2.75) is 0 Å². The van der Waals surface area contributed by atoms with Gasteiger partial charge in [0.25, 0.3) is 0 Å². The van der Waals surface area contributed by atoms with Crippen LogP contribution in [-0.4, -0.2) is 34.7 Å². The van der Waals surface area contributed by atoms with Crippen LogP contribution in [0.4, 0.5) is 0 Å². The molecule has 0 radical (unpaired) electrons. The van der Waals surface area contributed by atoms with Gasteiger partial charge in [0.2, 0.25) is 0 Å². The van der Waals surface area contributed by atoms with Crippen molar-refractivity contribution in [1.82, 2.24) is 0 Å². The van der Waals surface area contributed by atoms with E-state index in [1.165, 1.54) is 0 Å². The minimum Gasteiger partial charge on any atom is -0.290 e. The van der Waals surface area contributed by atoms with E-state index >= 15 is 0 Å². The van der Waals surface area contributed by atoms with Gasteiger partial charge in [-0.15, -0.1) is 0 Å². The zero-order chi connectivity index (χ0) is 75.8. The van der Waals surface area contributed by atoms with Crippen molar-refractivity contribution >= 4 is 108 Å². The molecule has 0 unspecified atom stereocenters. The van der Waals surface area contributed by atoms with E-state index < -0.39 is 0 Å². The Balaban J connectivity index is 0.000000346. The second-order valence-corrected chi connectivity index (χ2v) is 23.3. The average Bonchev–Trinajstić information content (AvgIpc) is 0.953. The first-order valence-electron chi connectivity index (χ1n) is 35.1. The van der Waals surface area contributed by atoms with Crippen LogP contribution in [0.1, 0.15) is 66.8 Å². The molecule has 0 bridgehead atoms. The molecule has 568 valence electrons. The molecular formula is C102H84O6Pd4. The van der Waals surface area contributed by atoms with Gasteiger partial charge in [0.05, 0.1) is 0 Å². The molecule has 0 aliphatic carbocycles. The van der Waals surface area contributed by atoms with Crippen LogP contribution in [0.2, 0.25) is 0 Å². The fraction of sp³-hybridized carbons (Fsp3) is 0. The maximum atomic E-state index is 11.6. The number of benzene rings is 12. The number of carbonyl (C=O) groups is 6. The van der Waals surface area contributed by atoms with Gasteiger partial charge in [-0.25, -0.2) is 0 Å². The molecule has 0 amide bonds. The third-order valence-corrected chi connectivity index (χ3v) is 14.9. The van der Waals surface area contributed by atoms with E-state index in [1.54, 1.807) is 72.9 Å². The van der Waals surface area contributed by atoms with E-state index in [9.17, 15) is 28.8 Å². The SMILES string of the molecule is O=C(/C=C/c1ccccc1)/C=C/c1ccccc1.O=C(/C=C/c1ccccc1)/C=C/c1ccccc1.O=C(/C=C/c1ccccc1)/C=C/c1ccccc1.O=C(/C=C/c1ccccc1)/C=C/c1ccccc1.O=C(/C=C/c1ccccc1)/C=C/c1ccccc1.O=C(/C=C/c1ccccc1)/C=C/c1ccccc1.[Pd].[Pd].[Pd].[Pd]. The number of rotatable bonds is 24. The molecule has 6 nitrogen and oxygen atoms in total. The number of allylic oxidation sites excluding steroid dienone is 12. The topological polar surface area (TPSA) is 102 Å². The Morgan fingerprint density at radius 1 is 0.116 bits per heavy atom. The maximum absolute atomic E-state index is 11.6. The van der Waals surface area contributed by atoms with Gasteiger partial charge in [-0.2, -0.15) is 0 Å². The molecular weight excluding hydrogens is 1750 g/mol. The van der Waals surface area contributed by atoms with Crippen LogP contribution in [0.15, 0.2) is 437 Å². The Labute approximate surface area is 715 Å². The largest absolute Gasteiger partial charge is 0.290 e. The monoisotopic (exact) mass is 1830 g/mol. The first-order chi connectivity index (χ1) is 53.1. The summed E-state index contributed by atoms with van der Waals surface area (Å²) in [5.41, 5.74) is 12.3. The summed E-state index contributed by atoms with van der Waals surface area (Å²) in [6.07, 6.45) is 40.7. The molecule has 0 fully saturated rings. The van der Waals surface area contributed by atoms with Gasteiger partial charge in [0.15, 0.2) is 34.7 Å². The van der Waals surface area contributed by atoms with E-state index in [1.807, 2.05) is 437 Å². The minimum atomic E-state index is -0.0114. The van der Waals surface area contributed by atoms with Crippen LogP contribution < -0.4 is 0 Å². The van der Waals surface area contributed by atoms with Gasteiger partial charge in [-0.1, -0.05) is 437 Å². The summed E-state index contributed by atoms with van der Waals surface area (Å²) < 4.78 is 0. The van der Waals surface area contributed by atoms with Crippen LogP contribution >= 0.6 is 0 Å². The van der Waals surface area contributed by atoms with E-state index in [0.717, 1.165) is 66.8 Å². The minimum absolute atomic E-state index is 0. The van der Waals surface area contributed by atoms with Crippen LogP contribution in [0.25, 0.3) is 72.9 Å². The Bertz CT molecular complexity index is 3850. The van der Waals surface area contributed by atoms with Crippen molar-refractivity contribution in [3.63, 3.8) is 0 Å². The summed E-state index contributed by atoms with van der Waals surface area (Å²) in [7, 11) is 0. The van der Waals surface area contributed by atoms with Gasteiger partial charge in [-0.05, 0) is 140 Å². The molecule has 0 saturated heterocycles. The van der Waals surface area contributed by atoms with Gasteiger partial charge in [0, 0.05) is 81.7 Å². The van der Waals surface area contributed by atoms with E-state index in [-0.39, 0.29) is 116 Å². The van der Waals surface area contributed by atoms with E-state index in [2.05, 4.69) is 0 Å². The molecule has 10 heteroatoms. The smallest absolute Gasteiger partial charge is 0.178 e. The second-order valence-electron chi connectivity index (χ2n) is 23.3. The molecule has 0 aliphatic heterocycles. The zero-order valence-electron chi connectivity index (χ0n) is 61.2. The quantitative estimate of drug-likeness (QED) is 0.0441. The van der Waals surface area contributed by atoms with Gasteiger partial charge >= 0.3 is 0 Å². The summed E-state index contributed by atoms with van der Waals surface area (Å²) in [6, 6.07) is 117. The average molecular weight is 1830 g/mol. The molecule has 12 aromatic carbocycles. The first-order valence-corrected chi connectivity index (χ1v) is 35.1. The summed E-state index contributed by atoms with van der Waals surface area (Å²) in [6.45, 7) is 0. The normalized spacial score (nSPS) is 10.7. The van der Waals surface area contributed by atoms with Crippen LogP contribution in [0.3, 0.4) is 0 Å². The Hall–Kier alpha value is -11.8. The number of carbonyl (C=O) groups excluding carboxylic acids is 6. The van der Waals surface area contributed by atoms with Gasteiger partial charge in [-0.3, -0.25) is 28.8 Å². The van der Waals surface area contributed by atoms with E-state index in [0.29, 0.717) is 0 Å². The number of hydrogen-bond acceptors (Lipinski definition) is 6. The Morgan fingerprint density at radius 2 is 0.179 bits per heavy atom. The summed E-state index contributed by atoms with van der Waals surface area (Å²) in [5.74, 6) is -0.0683. The molecule has 0 aliphatic rings. The maximum Gasteiger partial charge on any atom is 0.178 e. The van der Waals surface area contributed by atoms with Crippen LogP contribution in [0, 0.1) is 0 Å². The molecule has 0 atom stereocenters. The van der Waals surface area contributed by atoms with Crippen molar-refractivity contribution in [3.8, 4) is 0 Å². The first kappa shape index (κ1) is 94.4. The fourth-order valence-corrected chi connectivity index (χ4v) is 9.24. The molecule has 0 saturated carbocycles. The Kier molecular flexibility index (Phi) is 50.6. The van der Waals surface area contributed by atoms with Crippen molar-refractivity contribution in [3.05, 3.63) is 504 Å². The zero-order valence-corrected chi connectivity index (χ0v) is 67.4. The molecule has 12 aromatic rings. The number of hydrogen-bond donors (Lipinski definition) is 0.